The van der Waals surface area contributed by atoms with Gasteiger partial charge in [-0.25, -0.2) is 4.39 Å². The molecule has 126 valence electrons. The fourth-order valence-electron chi connectivity index (χ4n) is 1.70. The zero-order valence-corrected chi connectivity index (χ0v) is 13.9. The van der Waals surface area contributed by atoms with Gasteiger partial charge >= 0.3 is 0 Å². The van der Waals surface area contributed by atoms with Gasteiger partial charge in [0.1, 0.15) is 5.82 Å². The van der Waals surface area contributed by atoms with Crippen LogP contribution in [0.15, 0.2) is 45.5 Å². The van der Waals surface area contributed by atoms with Crippen LogP contribution < -0.4 is 16.2 Å². The summed E-state index contributed by atoms with van der Waals surface area (Å²) in [5, 5.41) is 2.33. The molecule has 0 radical (unpaired) electrons. The summed E-state index contributed by atoms with van der Waals surface area (Å²) in [6.07, 6.45) is -0.0205. The number of nitrogens with one attached hydrogen (secondary N) is 3. The van der Waals surface area contributed by atoms with E-state index in [4.69, 9.17) is 4.42 Å². The van der Waals surface area contributed by atoms with E-state index in [1.165, 1.54) is 30.3 Å². The molecule has 0 unspecified atom stereocenters. The van der Waals surface area contributed by atoms with Gasteiger partial charge in [0.05, 0.1) is 13.0 Å². The molecule has 0 saturated carbocycles. The Kier molecular flexibility index (Phi) is 6.07. The second kappa shape index (κ2) is 8.25. The van der Waals surface area contributed by atoms with Crippen molar-refractivity contribution >= 4 is 33.7 Å². The molecule has 3 N–H and O–H groups in total. The summed E-state index contributed by atoms with van der Waals surface area (Å²) < 4.78 is 18.2. The Balaban J connectivity index is 1.69. The predicted molar refractivity (Wildman–Crippen MR) is 85.1 cm³/mol. The van der Waals surface area contributed by atoms with Crippen LogP contribution in [-0.2, 0) is 16.0 Å². The molecule has 0 aliphatic carbocycles. The molecule has 1 aromatic carbocycles. The van der Waals surface area contributed by atoms with Gasteiger partial charge in [0.2, 0.25) is 5.91 Å². The summed E-state index contributed by atoms with van der Waals surface area (Å²) in [6, 6.07) is 8.41. The number of carbonyl (C=O) groups is 3. The van der Waals surface area contributed by atoms with Crippen LogP contribution in [-0.4, -0.2) is 24.3 Å². The first kappa shape index (κ1) is 17.7. The SMILES string of the molecule is O=C(CNC(=O)c1ccc(Br)o1)NNC(=O)Cc1ccc(F)cc1. The molecule has 9 heteroatoms. The first-order valence-corrected chi connectivity index (χ1v) is 7.59. The maximum Gasteiger partial charge on any atom is 0.287 e. The molecule has 2 rings (SSSR count). The van der Waals surface area contributed by atoms with Crippen molar-refractivity contribution in [2.75, 3.05) is 6.54 Å². The van der Waals surface area contributed by atoms with Gasteiger partial charge in [-0.3, -0.25) is 25.2 Å². The number of amides is 3. The minimum absolute atomic E-state index is 0.0205. The Bertz CT molecular complexity index is 745. The topological polar surface area (TPSA) is 100 Å². The second-order valence-electron chi connectivity index (χ2n) is 4.69. The van der Waals surface area contributed by atoms with Crippen molar-refractivity contribution < 1.29 is 23.2 Å². The summed E-state index contributed by atoms with van der Waals surface area (Å²) in [7, 11) is 0. The highest BCUT2D eigenvalue weighted by Crippen LogP contribution is 2.13. The molecule has 1 heterocycles. The first-order chi connectivity index (χ1) is 11.4. The summed E-state index contributed by atoms with van der Waals surface area (Å²) in [6.45, 7) is -0.339. The second-order valence-corrected chi connectivity index (χ2v) is 5.47. The number of rotatable bonds is 5. The van der Waals surface area contributed by atoms with Gasteiger partial charge in [-0.05, 0) is 45.8 Å². The van der Waals surface area contributed by atoms with Crippen molar-refractivity contribution in [2.45, 2.75) is 6.42 Å². The highest BCUT2D eigenvalue weighted by molar-refractivity contribution is 9.10. The molecule has 1 aromatic heterocycles. The average molecular weight is 398 g/mol. The highest BCUT2D eigenvalue weighted by atomic mass is 79.9. The van der Waals surface area contributed by atoms with E-state index in [2.05, 4.69) is 32.1 Å². The van der Waals surface area contributed by atoms with E-state index in [0.717, 1.165) is 0 Å². The molecule has 0 aliphatic heterocycles. The third-order valence-corrected chi connectivity index (χ3v) is 3.25. The van der Waals surface area contributed by atoms with E-state index in [0.29, 0.717) is 10.2 Å². The Morgan fingerprint density at radius 1 is 1.00 bits per heavy atom. The first-order valence-electron chi connectivity index (χ1n) is 6.79. The number of hydrazine groups is 1. The molecule has 0 spiro atoms. The number of halogens is 2. The van der Waals surface area contributed by atoms with E-state index in [1.807, 2.05) is 0 Å². The third-order valence-electron chi connectivity index (χ3n) is 2.83. The molecule has 0 aliphatic rings. The Labute approximate surface area is 144 Å². The van der Waals surface area contributed by atoms with Crippen LogP contribution in [0, 0.1) is 5.82 Å². The monoisotopic (exact) mass is 397 g/mol. The van der Waals surface area contributed by atoms with Crippen LogP contribution in [0.5, 0.6) is 0 Å². The maximum absolute atomic E-state index is 12.8. The lowest BCUT2D eigenvalue weighted by Crippen LogP contribution is -2.46. The number of furan rings is 1. The molecule has 7 nitrogen and oxygen atoms in total. The van der Waals surface area contributed by atoms with Crippen molar-refractivity contribution in [3.05, 3.63) is 58.2 Å². The van der Waals surface area contributed by atoms with E-state index in [9.17, 15) is 18.8 Å². The third kappa shape index (κ3) is 5.51. The number of carbonyl (C=O) groups excluding carboxylic acids is 3. The lowest BCUT2D eigenvalue weighted by atomic mass is 10.1. The van der Waals surface area contributed by atoms with Crippen LogP contribution in [0.2, 0.25) is 0 Å². The fourth-order valence-corrected chi connectivity index (χ4v) is 2.01. The normalized spacial score (nSPS) is 10.1. The van der Waals surface area contributed by atoms with Crippen LogP contribution in [0.1, 0.15) is 16.1 Å². The van der Waals surface area contributed by atoms with Gasteiger partial charge < -0.3 is 9.73 Å². The summed E-state index contributed by atoms with van der Waals surface area (Å²) >= 11 is 3.06. The van der Waals surface area contributed by atoms with Gasteiger partial charge in [-0.1, -0.05) is 12.1 Å². The molecule has 2 aromatic rings. The molecule has 24 heavy (non-hydrogen) atoms. The summed E-state index contributed by atoms with van der Waals surface area (Å²) in [5.74, 6) is -1.99. The predicted octanol–water partition coefficient (Wildman–Crippen LogP) is 1.30. The zero-order chi connectivity index (χ0) is 17.5. The van der Waals surface area contributed by atoms with Crippen LogP contribution in [0.4, 0.5) is 4.39 Å². The standard InChI is InChI=1S/C15H13BrFN3O4/c16-12-6-5-11(24-12)15(23)18-8-14(22)20-19-13(21)7-9-1-3-10(17)4-2-9/h1-6H,7-8H2,(H,18,23)(H,19,21)(H,20,22). The minimum Gasteiger partial charge on any atom is -0.444 e. The molecule has 0 fully saturated rings. The Hall–Kier alpha value is -2.68. The molecular weight excluding hydrogens is 385 g/mol. The van der Waals surface area contributed by atoms with Gasteiger partial charge in [0.15, 0.2) is 10.4 Å². The molecular formula is C15H13BrFN3O4. The van der Waals surface area contributed by atoms with E-state index in [-0.39, 0.29) is 18.7 Å². The van der Waals surface area contributed by atoms with Crippen LogP contribution in [0.25, 0.3) is 0 Å². The lowest BCUT2D eigenvalue weighted by molar-refractivity contribution is -0.128. The fraction of sp³-hybridized carbons (Fsp3) is 0.133. The summed E-state index contributed by atoms with van der Waals surface area (Å²) in [4.78, 5) is 34.8. The number of hydrogen-bond donors (Lipinski definition) is 3. The van der Waals surface area contributed by atoms with Crippen LogP contribution >= 0.6 is 15.9 Å². The van der Waals surface area contributed by atoms with Crippen molar-refractivity contribution in [3.63, 3.8) is 0 Å². The van der Waals surface area contributed by atoms with Gasteiger partial charge in [0, 0.05) is 0 Å². The molecule has 0 saturated heterocycles. The van der Waals surface area contributed by atoms with Crippen molar-refractivity contribution in [1.82, 2.24) is 16.2 Å². The van der Waals surface area contributed by atoms with Gasteiger partial charge in [0.25, 0.3) is 11.8 Å². The zero-order valence-electron chi connectivity index (χ0n) is 12.3. The number of benzene rings is 1. The molecule has 0 bridgehead atoms. The number of hydrogen-bond acceptors (Lipinski definition) is 4. The Morgan fingerprint density at radius 2 is 1.67 bits per heavy atom. The van der Waals surface area contributed by atoms with Crippen molar-refractivity contribution in [2.24, 2.45) is 0 Å². The van der Waals surface area contributed by atoms with E-state index in [1.54, 1.807) is 6.07 Å². The van der Waals surface area contributed by atoms with Crippen molar-refractivity contribution in [1.29, 1.82) is 0 Å². The van der Waals surface area contributed by atoms with Gasteiger partial charge in [-0.2, -0.15) is 0 Å². The quantitative estimate of drug-likeness (QED) is 0.661. The highest BCUT2D eigenvalue weighted by Gasteiger charge is 2.12. The van der Waals surface area contributed by atoms with E-state index >= 15 is 0 Å². The smallest absolute Gasteiger partial charge is 0.287 e. The van der Waals surface area contributed by atoms with Crippen molar-refractivity contribution in [3.8, 4) is 0 Å². The minimum atomic E-state index is -0.610. The molecule has 0 atom stereocenters. The largest absolute Gasteiger partial charge is 0.444 e. The van der Waals surface area contributed by atoms with E-state index < -0.39 is 23.5 Å². The van der Waals surface area contributed by atoms with Crippen LogP contribution in [0.3, 0.4) is 0 Å². The Morgan fingerprint density at radius 3 is 2.29 bits per heavy atom. The average Bonchev–Trinajstić information content (AvgIpc) is 2.99. The summed E-state index contributed by atoms with van der Waals surface area (Å²) in [5.41, 5.74) is 4.95. The molecule has 3 amide bonds. The lowest BCUT2D eigenvalue weighted by Gasteiger charge is -2.08. The maximum atomic E-state index is 12.8. The van der Waals surface area contributed by atoms with Gasteiger partial charge in [-0.15, -0.1) is 0 Å².